The van der Waals surface area contributed by atoms with Gasteiger partial charge in [-0.2, -0.15) is 0 Å². The standard InChI is InChI=1S/C14H23N3O3/c1-19-7-5-14(10-18)4-3-6-17(9-14)12-8-13(20-2)16-11-15-12/h8,11,18H,3-7,9-10H2,1-2H3/t14-/m0/s1. The number of rotatable bonds is 6. The van der Waals surface area contributed by atoms with Gasteiger partial charge in [-0.3, -0.25) is 0 Å². The van der Waals surface area contributed by atoms with Gasteiger partial charge in [-0.1, -0.05) is 0 Å². The van der Waals surface area contributed by atoms with Gasteiger partial charge in [0.15, 0.2) is 0 Å². The van der Waals surface area contributed by atoms with E-state index in [9.17, 15) is 5.11 Å². The molecule has 0 saturated carbocycles. The second-order valence-corrected chi connectivity index (χ2v) is 5.34. The predicted octanol–water partition coefficient (Wildman–Crippen LogP) is 1.10. The minimum absolute atomic E-state index is 0.105. The normalized spacial score (nSPS) is 22.9. The van der Waals surface area contributed by atoms with Gasteiger partial charge in [0.25, 0.3) is 0 Å². The van der Waals surface area contributed by atoms with Crippen LogP contribution < -0.4 is 9.64 Å². The van der Waals surface area contributed by atoms with Crippen molar-refractivity contribution in [2.45, 2.75) is 19.3 Å². The molecule has 0 unspecified atom stereocenters. The summed E-state index contributed by atoms with van der Waals surface area (Å²) in [6, 6.07) is 1.84. The maximum absolute atomic E-state index is 9.79. The minimum atomic E-state index is -0.105. The van der Waals surface area contributed by atoms with E-state index in [-0.39, 0.29) is 12.0 Å². The van der Waals surface area contributed by atoms with Gasteiger partial charge in [-0.25, -0.2) is 9.97 Å². The molecule has 1 N–H and O–H groups in total. The van der Waals surface area contributed by atoms with Crippen LogP contribution in [-0.4, -0.2) is 55.6 Å². The Hall–Kier alpha value is -1.40. The topological polar surface area (TPSA) is 67.7 Å². The van der Waals surface area contributed by atoms with Crippen LogP contribution in [0.1, 0.15) is 19.3 Å². The van der Waals surface area contributed by atoms with Crippen molar-refractivity contribution < 1.29 is 14.6 Å². The molecule has 1 atom stereocenters. The summed E-state index contributed by atoms with van der Waals surface area (Å²) >= 11 is 0. The van der Waals surface area contributed by atoms with E-state index in [0.29, 0.717) is 12.5 Å². The van der Waals surface area contributed by atoms with Gasteiger partial charge in [-0.15, -0.1) is 0 Å². The predicted molar refractivity (Wildman–Crippen MR) is 76.0 cm³/mol. The first-order valence-electron chi connectivity index (χ1n) is 6.94. The van der Waals surface area contributed by atoms with E-state index < -0.39 is 0 Å². The molecule has 112 valence electrons. The summed E-state index contributed by atoms with van der Waals surface area (Å²) in [6.45, 7) is 2.57. The fourth-order valence-electron chi connectivity index (χ4n) is 2.75. The molecule has 1 saturated heterocycles. The average molecular weight is 281 g/mol. The highest BCUT2D eigenvalue weighted by Crippen LogP contribution is 2.35. The van der Waals surface area contributed by atoms with Crippen LogP contribution in [0.5, 0.6) is 5.88 Å². The van der Waals surface area contributed by atoms with Crippen LogP contribution in [0.15, 0.2) is 12.4 Å². The van der Waals surface area contributed by atoms with Crippen LogP contribution in [0.2, 0.25) is 0 Å². The van der Waals surface area contributed by atoms with Gasteiger partial charge in [0.2, 0.25) is 5.88 Å². The lowest BCUT2D eigenvalue weighted by atomic mass is 9.78. The van der Waals surface area contributed by atoms with E-state index in [1.807, 2.05) is 6.07 Å². The molecule has 1 aromatic rings. The summed E-state index contributed by atoms with van der Waals surface area (Å²) in [6.07, 6.45) is 4.43. The largest absolute Gasteiger partial charge is 0.481 e. The van der Waals surface area contributed by atoms with Gasteiger partial charge in [0.1, 0.15) is 12.1 Å². The Labute approximate surface area is 119 Å². The number of nitrogens with zero attached hydrogens (tertiary/aromatic N) is 3. The van der Waals surface area contributed by atoms with Crippen molar-refractivity contribution in [3.63, 3.8) is 0 Å². The summed E-state index contributed by atoms with van der Waals surface area (Å²) in [4.78, 5) is 10.5. The Kier molecular flexibility index (Phi) is 5.14. The van der Waals surface area contributed by atoms with Crippen LogP contribution in [0.25, 0.3) is 0 Å². The van der Waals surface area contributed by atoms with Crippen molar-refractivity contribution >= 4 is 5.82 Å². The van der Waals surface area contributed by atoms with Gasteiger partial charge in [0.05, 0.1) is 13.7 Å². The Morgan fingerprint density at radius 2 is 2.25 bits per heavy atom. The molecule has 2 heterocycles. The van der Waals surface area contributed by atoms with Crippen LogP contribution in [-0.2, 0) is 4.74 Å². The second kappa shape index (κ2) is 6.85. The third-order valence-corrected chi connectivity index (χ3v) is 3.99. The van der Waals surface area contributed by atoms with Crippen molar-refractivity contribution in [2.75, 3.05) is 45.4 Å². The van der Waals surface area contributed by atoms with Gasteiger partial charge in [0, 0.05) is 38.3 Å². The quantitative estimate of drug-likeness (QED) is 0.842. The van der Waals surface area contributed by atoms with E-state index >= 15 is 0 Å². The van der Waals surface area contributed by atoms with Crippen LogP contribution in [0.3, 0.4) is 0 Å². The average Bonchev–Trinajstić information content (AvgIpc) is 2.53. The van der Waals surface area contributed by atoms with E-state index in [2.05, 4.69) is 14.9 Å². The number of ether oxygens (including phenoxy) is 2. The first kappa shape index (κ1) is 15.0. The number of aliphatic hydroxyl groups is 1. The van der Waals surface area contributed by atoms with E-state index in [1.165, 1.54) is 6.33 Å². The zero-order valence-electron chi connectivity index (χ0n) is 12.2. The first-order valence-corrected chi connectivity index (χ1v) is 6.94. The molecule has 6 heteroatoms. The highest BCUT2D eigenvalue weighted by Gasteiger charge is 2.35. The number of methoxy groups -OCH3 is 2. The summed E-state index contributed by atoms with van der Waals surface area (Å²) in [5.74, 6) is 1.42. The van der Waals surface area contributed by atoms with Crippen LogP contribution in [0.4, 0.5) is 5.82 Å². The molecule has 0 spiro atoms. The second-order valence-electron chi connectivity index (χ2n) is 5.34. The Morgan fingerprint density at radius 1 is 1.40 bits per heavy atom. The number of aliphatic hydroxyl groups excluding tert-OH is 1. The smallest absolute Gasteiger partial charge is 0.218 e. The minimum Gasteiger partial charge on any atom is -0.481 e. The summed E-state index contributed by atoms with van der Waals surface area (Å²) in [7, 11) is 3.29. The number of hydrogen-bond donors (Lipinski definition) is 1. The summed E-state index contributed by atoms with van der Waals surface area (Å²) in [5, 5.41) is 9.79. The number of aromatic nitrogens is 2. The van der Waals surface area contributed by atoms with Crippen molar-refractivity contribution in [3.05, 3.63) is 12.4 Å². The molecular weight excluding hydrogens is 258 g/mol. The van der Waals surface area contributed by atoms with Crippen LogP contribution >= 0.6 is 0 Å². The lowest BCUT2D eigenvalue weighted by Gasteiger charge is -2.42. The Morgan fingerprint density at radius 3 is 2.95 bits per heavy atom. The fraction of sp³-hybridized carbons (Fsp3) is 0.714. The number of anilines is 1. The molecule has 2 rings (SSSR count). The van der Waals surface area contributed by atoms with E-state index in [1.54, 1.807) is 14.2 Å². The molecule has 1 aromatic heterocycles. The maximum atomic E-state index is 9.79. The van der Waals surface area contributed by atoms with Gasteiger partial charge in [-0.05, 0) is 19.3 Å². The van der Waals surface area contributed by atoms with Crippen molar-refractivity contribution in [1.82, 2.24) is 9.97 Å². The Balaban J connectivity index is 2.12. The molecule has 20 heavy (non-hydrogen) atoms. The van der Waals surface area contributed by atoms with E-state index in [0.717, 1.165) is 38.2 Å². The van der Waals surface area contributed by atoms with Crippen molar-refractivity contribution in [1.29, 1.82) is 0 Å². The molecule has 6 nitrogen and oxygen atoms in total. The lowest BCUT2D eigenvalue weighted by Crippen LogP contribution is -2.46. The number of hydrogen-bond acceptors (Lipinski definition) is 6. The molecule has 0 aromatic carbocycles. The number of piperidine rings is 1. The monoisotopic (exact) mass is 281 g/mol. The molecule has 1 fully saturated rings. The van der Waals surface area contributed by atoms with Crippen LogP contribution in [0, 0.1) is 5.41 Å². The van der Waals surface area contributed by atoms with E-state index in [4.69, 9.17) is 9.47 Å². The molecular formula is C14H23N3O3. The molecule has 0 bridgehead atoms. The maximum Gasteiger partial charge on any atom is 0.218 e. The lowest BCUT2D eigenvalue weighted by molar-refractivity contribution is 0.0624. The van der Waals surface area contributed by atoms with Gasteiger partial charge < -0.3 is 19.5 Å². The molecule has 0 amide bonds. The summed E-state index contributed by atoms with van der Waals surface area (Å²) in [5.41, 5.74) is -0.105. The van der Waals surface area contributed by atoms with Crippen molar-refractivity contribution in [3.8, 4) is 5.88 Å². The zero-order valence-corrected chi connectivity index (χ0v) is 12.2. The van der Waals surface area contributed by atoms with Crippen molar-refractivity contribution in [2.24, 2.45) is 5.41 Å². The zero-order chi connectivity index (χ0) is 14.4. The molecule has 0 radical (unpaired) electrons. The molecule has 1 aliphatic rings. The highest BCUT2D eigenvalue weighted by atomic mass is 16.5. The van der Waals surface area contributed by atoms with Gasteiger partial charge >= 0.3 is 0 Å². The molecule has 1 aliphatic heterocycles. The summed E-state index contributed by atoms with van der Waals surface area (Å²) < 4.78 is 10.3. The SMILES string of the molecule is COCC[C@@]1(CO)CCCN(c2cc(OC)ncn2)C1. The fourth-order valence-corrected chi connectivity index (χ4v) is 2.75. The highest BCUT2D eigenvalue weighted by molar-refractivity contribution is 5.41. The first-order chi connectivity index (χ1) is 9.73. The molecule has 0 aliphatic carbocycles. The third kappa shape index (κ3) is 3.37. The Bertz CT molecular complexity index is 430. The third-order valence-electron chi connectivity index (χ3n) is 3.99.